The number of urea groups is 1. The minimum Gasteiger partial charge on any atom is -0.388 e. The average molecular weight is 282 g/mol. The van der Waals surface area contributed by atoms with Crippen molar-refractivity contribution in [2.24, 2.45) is 0 Å². The maximum absolute atomic E-state index is 13.0. The average Bonchev–Trinajstić information content (AvgIpc) is 2.44. The predicted molar refractivity (Wildman–Crippen MR) is 71.6 cm³/mol. The summed E-state index contributed by atoms with van der Waals surface area (Å²) in [5.74, 6) is -0.332. The highest BCUT2D eigenvalue weighted by molar-refractivity contribution is 5.73. The van der Waals surface area contributed by atoms with Gasteiger partial charge in [-0.2, -0.15) is 0 Å². The molecule has 0 spiro atoms. The fraction of sp³-hybridized carbons (Fsp3) is 0.500. The van der Waals surface area contributed by atoms with Crippen molar-refractivity contribution >= 4 is 6.03 Å². The Morgan fingerprint density at radius 3 is 2.80 bits per heavy atom. The van der Waals surface area contributed by atoms with Crippen LogP contribution in [-0.2, 0) is 11.3 Å². The van der Waals surface area contributed by atoms with Crippen molar-refractivity contribution < 1.29 is 19.0 Å². The number of hydrogen-bond acceptors (Lipinski definition) is 3. The first-order valence-electron chi connectivity index (χ1n) is 6.64. The van der Waals surface area contributed by atoms with Gasteiger partial charge in [0, 0.05) is 39.1 Å². The van der Waals surface area contributed by atoms with Crippen LogP contribution in [0.25, 0.3) is 0 Å². The van der Waals surface area contributed by atoms with Gasteiger partial charge in [-0.1, -0.05) is 12.1 Å². The number of halogens is 1. The van der Waals surface area contributed by atoms with Gasteiger partial charge < -0.3 is 20.5 Å². The third-order valence-corrected chi connectivity index (χ3v) is 3.34. The van der Waals surface area contributed by atoms with Gasteiger partial charge in [-0.05, 0) is 17.7 Å². The number of aliphatic hydroxyl groups is 1. The molecule has 0 unspecified atom stereocenters. The Hall–Kier alpha value is -1.66. The molecule has 1 aromatic carbocycles. The van der Waals surface area contributed by atoms with Crippen molar-refractivity contribution in [3.8, 4) is 0 Å². The van der Waals surface area contributed by atoms with Crippen LogP contribution in [0.2, 0.25) is 0 Å². The second-order valence-corrected chi connectivity index (χ2v) is 5.00. The van der Waals surface area contributed by atoms with E-state index in [1.54, 1.807) is 12.1 Å². The zero-order chi connectivity index (χ0) is 14.4. The summed E-state index contributed by atoms with van der Waals surface area (Å²) in [6.45, 7) is 1.43. The Labute approximate surface area is 117 Å². The predicted octanol–water partition coefficient (Wildman–Crippen LogP) is 1.17. The van der Waals surface area contributed by atoms with Crippen LogP contribution in [-0.4, -0.2) is 36.5 Å². The van der Waals surface area contributed by atoms with Crippen LogP contribution in [0.5, 0.6) is 0 Å². The Morgan fingerprint density at radius 1 is 1.35 bits per heavy atom. The summed E-state index contributed by atoms with van der Waals surface area (Å²) < 4.78 is 18.1. The van der Waals surface area contributed by atoms with Crippen LogP contribution in [0.1, 0.15) is 18.4 Å². The monoisotopic (exact) mass is 282 g/mol. The largest absolute Gasteiger partial charge is 0.388 e. The molecule has 0 saturated carbocycles. The quantitative estimate of drug-likeness (QED) is 0.776. The first-order chi connectivity index (χ1) is 9.57. The minimum absolute atomic E-state index is 0.186. The van der Waals surface area contributed by atoms with Crippen molar-refractivity contribution in [1.82, 2.24) is 10.6 Å². The summed E-state index contributed by atoms with van der Waals surface area (Å²) in [7, 11) is 0. The second-order valence-electron chi connectivity index (χ2n) is 5.00. The van der Waals surface area contributed by atoms with Gasteiger partial charge in [-0.25, -0.2) is 9.18 Å². The fourth-order valence-corrected chi connectivity index (χ4v) is 2.06. The van der Waals surface area contributed by atoms with E-state index < -0.39 is 5.60 Å². The lowest BCUT2D eigenvalue weighted by molar-refractivity contribution is -0.0600. The molecule has 0 aromatic heterocycles. The van der Waals surface area contributed by atoms with E-state index in [1.807, 2.05) is 0 Å². The standard InChI is InChI=1S/C14H19FN2O3/c15-12-3-1-2-11(8-12)9-16-13(18)17-10-14(19)4-6-20-7-5-14/h1-3,8,19H,4-7,9-10H2,(H2,16,17,18). The van der Waals surface area contributed by atoms with Gasteiger partial charge in [0.2, 0.25) is 0 Å². The van der Waals surface area contributed by atoms with Crippen molar-refractivity contribution in [2.45, 2.75) is 25.0 Å². The minimum atomic E-state index is -0.894. The van der Waals surface area contributed by atoms with Crippen LogP contribution in [0.3, 0.4) is 0 Å². The van der Waals surface area contributed by atoms with Gasteiger partial charge >= 0.3 is 6.03 Å². The number of carbonyl (C=O) groups is 1. The molecular formula is C14H19FN2O3. The van der Waals surface area contributed by atoms with Crippen molar-refractivity contribution in [2.75, 3.05) is 19.8 Å². The number of amides is 2. The fourth-order valence-electron chi connectivity index (χ4n) is 2.06. The zero-order valence-corrected chi connectivity index (χ0v) is 11.2. The van der Waals surface area contributed by atoms with Crippen molar-refractivity contribution in [3.63, 3.8) is 0 Å². The highest BCUT2D eigenvalue weighted by atomic mass is 19.1. The first-order valence-corrected chi connectivity index (χ1v) is 6.64. The summed E-state index contributed by atoms with van der Waals surface area (Å²) in [4.78, 5) is 11.6. The summed E-state index contributed by atoms with van der Waals surface area (Å²) in [5.41, 5.74) is -0.209. The Balaban J connectivity index is 1.72. The number of carbonyl (C=O) groups excluding carboxylic acids is 1. The van der Waals surface area contributed by atoms with Crippen LogP contribution in [0, 0.1) is 5.82 Å². The maximum Gasteiger partial charge on any atom is 0.315 e. The van der Waals surface area contributed by atoms with Gasteiger partial charge in [-0.3, -0.25) is 0 Å². The zero-order valence-electron chi connectivity index (χ0n) is 11.2. The van der Waals surface area contributed by atoms with Gasteiger partial charge in [0.15, 0.2) is 0 Å². The van der Waals surface area contributed by atoms with Crippen molar-refractivity contribution in [3.05, 3.63) is 35.6 Å². The van der Waals surface area contributed by atoms with Gasteiger partial charge in [0.05, 0.1) is 5.60 Å². The molecule has 110 valence electrons. The van der Waals surface area contributed by atoms with E-state index in [4.69, 9.17) is 4.74 Å². The van der Waals surface area contributed by atoms with Crippen LogP contribution < -0.4 is 10.6 Å². The third-order valence-electron chi connectivity index (χ3n) is 3.34. The smallest absolute Gasteiger partial charge is 0.315 e. The molecule has 0 atom stereocenters. The molecule has 2 rings (SSSR count). The molecule has 1 heterocycles. The molecule has 1 aliphatic rings. The molecule has 0 aliphatic carbocycles. The van der Waals surface area contributed by atoms with Crippen LogP contribution >= 0.6 is 0 Å². The number of nitrogens with one attached hydrogen (secondary N) is 2. The molecule has 1 fully saturated rings. The molecule has 1 aromatic rings. The normalized spacial score (nSPS) is 17.5. The summed E-state index contributed by atoms with van der Waals surface area (Å²) in [5, 5.41) is 15.4. The lowest BCUT2D eigenvalue weighted by Crippen LogP contribution is -2.48. The van der Waals surface area contributed by atoms with E-state index in [0.29, 0.717) is 31.6 Å². The summed E-state index contributed by atoms with van der Waals surface area (Å²) in [6.07, 6.45) is 1.02. The molecule has 3 N–H and O–H groups in total. The van der Waals surface area contributed by atoms with E-state index in [0.717, 1.165) is 0 Å². The van der Waals surface area contributed by atoms with Crippen LogP contribution in [0.15, 0.2) is 24.3 Å². The Kier molecular flexibility index (Phi) is 4.92. The van der Waals surface area contributed by atoms with E-state index in [1.165, 1.54) is 12.1 Å². The first kappa shape index (κ1) is 14.7. The highest BCUT2D eigenvalue weighted by Crippen LogP contribution is 2.19. The second kappa shape index (κ2) is 6.67. The molecule has 1 aliphatic heterocycles. The molecule has 2 amide bonds. The van der Waals surface area contributed by atoms with Crippen molar-refractivity contribution in [1.29, 1.82) is 0 Å². The molecule has 6 heteroatoms. The molecule has 0 bridgehead atoms. The SMILES string of the molecule is O=C(NCc1cccc(F)c1)NCC1(O)CCOCC1. The number of benzene rings is 1. The van der Waals surface area contributed by atoms with Gasteiger partial charge in [-0.15, -0.1) is 0 Å². The van der Waals surface area contributed by atoms with Gasteiger partial charge in [0.1, 0.15) is 5.82 Å². The van der Waals surface area contributed by atoms with E-state index in [2.05, 4.69) is 10.6 Å². The lowest BCUT2D eigenvalue weighted by atomic mass is 9.94. The molecular weight excluding hydrogens is 263 g/mol. The molecule has 1 saturated heterocycles. The number of ether oxygens (including phenoxy) is 1. The van der Waals surface area contributed by atoms with E-state index in [-0.39, 0.29) is 24.9 Å². The maximum atomic E-state index is 13.0. The Bertz CT molecular complexity index is 461. The Morgan fingerprint density at radius 2 is 2.10 bits per heavy atom. The van der Waals surface area contributed by atoms with E-state index >= 15 is 0 Å². The number of hydrogen-bond donors (Lipinski definition) is 3. The van der Waals surface area contributed by atoms with Gasteiger partial charge in [0.25, 0.3) is 0 Å². The third kappa shape index (κ3) is 4.47. The highest BCUT2D eigenvalue weighted by Gasteiger charge is 2.29. The van der Waals surface area contributed by atoms with Crippen LogP contribution in [0.4, 0.5) is 9.18 Å². The molecule has 0 radical (unpaired) electrons. The molecule has 20 heavy (non-hydrogen) atoms. The molecule has 5 nitrogen and oxygen atoms in total. The van der Waals surface area contributed by atoms with E-state index in [9.17, 15) is 14.3 Å². The summed E-state index contributed by atoms with van der Waals surface area (Å²) >= 11 is 0. The topological polar surface area (TPSA) is 70.6 Å². The summed E-state index contributed by atoms with van der Waals surface area (Å²) in [6, 6.07) is 5.66. The lowest BCUT2D eigenvalue weighted by Gasteiger charge is -2.32. The number of rotatable bonds is 4.